The van der Waals surface area contributed by atoms with Gasteiger partial charge in [0.2, 0.25) is 5.91 Å². The van der Waals surface area contributed by atoms with E-state index in [0.29, 0.717) is 38.4 Å². The molecule has 0 radical (unpaired) electrons. The molecule has 2 saturated heterocycles. The van der Waals surface area contributed by atoms with Crippen LogP contribution in [0.25, 0.3) is 0 Å². The van der Waals surface area contributed by atoms with Gasteiger partial charge in [-0.3, -0.25) is 9.69 Å². The van der Waals surface area contributed by atoms with Crippen LogP contribution >= 0.6 is 0 Å². The summed E-state index contributed by atoms with van der Waals surface area (Å²) in [5.74, 6) is -0.0688. The fourth-order valence-corrected chi connectivity index (χ4v) is 3.22. The van der Waals surface area contributed by atoms with Gasteiger partial charge in [-0.1, -0.05) is 18.2 Å². The van der Waals surface area contributed by atoms with E-state index in [1.807, 2.05) is 11.0 Å². The Balaban J connectivity index is 1.45. The molecule has 1 aromatic rings. The van der Waals surface area contributed by atoms with Crippen molar-refractivity contribution in [3.8, 4) is 0 Å². The monoisotopic (exact) mass is 336 g/mol. The van der Waals surface area contributed by atoms with E-state index in [0.717, 1.165) is 25.9 Å². The number of likely N-dealkylation sites (tertiary alicyclic amines) is 1. The molecule has 2 heterocycles. The Morgan fingerprint density at radius 2 is 2.04 bits per heavy atom. The number of ether oxygens (including phenoxy) is 2. The lowest BCUT2D eigenvalue weighted by atomic mass is 10.1. The Labute approximate surface area is 142 Å². The van der Waals surface area contributed by atoms with E-state index in [1.54, 1.807) is 12.1 Å². The first-order valence-corrected chi connectivity index (χ1v) is 8.65. The molecule has 2 fully saturated rings. The summed E-state index contributed by atoms with van der Waals surface area (Å²) in [6, 6.07) is 6.69. The number of rotatable bonds is 5. The van der Waals surface area contributed by atoms with Crippen molar-refractivity contribution in [2.45, 2.75) is 25.6 Å². The lowest BCUT2D eigenvalue weighted by molar-refractivity contribution is -0.137. The van der Waals surface area contributed by atoms with Crippen molar-refractivity contribution >= 4 is 5.91 Å². The van der Waals surface area contributed by atoms with Gasteiger partial charge in [-0.05, 0) is 25.5 Å². The predicted molar refractivity (Wildman–Crippen MR) is 88.1 cm³/mol. The first-order chi connectivity index (χ1) is 11.7. The number of halogens is 1. The highest BCUT2D eigenvalue weighted by molar-refractivity contribution is 5.78. The minimum Gasteiger partial charge on any atom is -0.378 e. The quantitative estimate of drug-likeness (QED) is 0.820. The number of nitrogens with zero attached hydrogens (tertiary/aromatic N) is 2. The molecule has 1 amide bonds. The first-order valence-electron chi connectivity index (χ1n) is 8.65. The number of hydrogen-bond donors (Lipinski definition) is 0. The number of carbonyl (C=O) groups excluding carboxylic acids is 1. The number of hydrogen-bond acceptors (Lipinski definition) is 4. The van der Waals surface area contributed by atoms with E-state index in [-0.39, 0.29) is 24.4 Å². The van der Waals surface area contributed by atoms with Crippen LogP contribution in [-0.4, -0.2) is 67.7 Å². The summed E-state index contributed by atoms with van der Waals surface area (Å²) in [4.78, 5) is 16.3. The minimum absolute atomic E-state index is 0.0517. The average Bonchev–Trinajstić information content (AvgIpc) is 2.62. The predicted octanol–water partition coefficient (Wildman–Crippen LogP) is 1.67. The fourth-order valence-electron chi connectivity index (χ4n) is 3.22. The summed E-state index contributed by atoms with van der Waals surface area (Å²) in [6.07, 6.45) is 2.01. The summed E-state index contributed by atoms with van der Waals surface area (Å²) >= 11 is 0. The molecule has 0 saturated carbocycles. The minimum atomic E-state index is -0.229. The molecule has 1 atom stereocenters. The second-order valence-corrected chi connectivity index (χ2v) is 6.39. The molecule has 132 valence electrons. The van der Waals surface area contributed by atoms with Crippen molar-refractivity contribution < 1.29 is 18.7 Å². The number of carbonyl (C=O) groups is 1. The summed E-state index contributed by atoms with van der Waals surface area (Å²) < 4.78 is 24.8. The number of amides is 1. The standard InChI is InChI=1S/C18H25FN2O3/c19-17-6-2-1-4-15(17)14-24-16-5-3-7-20(12-16)13-18(22)21-8-10-23-11-9-21/h1-2,4,6,16H,3,5,7-14H2/t16-/m0/s1. The maximum absolute atomic E-state index is 13.6. The topological polar surface area (TPSA) is 42.0 Å². The largest absolute Gasteiger partial charge is 0.378 e. The van der Waals surface area contributed by atoms with Gasteiger partial charge in [-0.25, -0.2) is 4.39 Å². The van der Waals surface area contributed by atoms with Gasteiger partial charge in [0.15, 0.2) is 0 Å². The molecule has 24 heavy (non-hydrogen) atoms. The molecular weight excluding hydrogens is 311 g/mol. The second kappa shape index (κ2) is 8.55. The van der Waals surface area contributed by atoms with Crippen molar-refractivity contribution in [2.75, 3.05) is 45.9 Å². The third-order valence-corrected chi connectivity index (χ3v) is 4.62. The summed E-state index contributed by atoms with van der Waals surface area (Å²) in [6.45, 7) is 4.96. The van der Waals surface area contributed by atoms with Crippen LogP contribution in [0.1, 0.15) is 18.4 Å². The van der Waals surface area contributed by atoms with E-state index >= 15 is 0 Å². The fraction of sp³-hybridized carbons (Fsp3) is 0.611. The highest BCUT2D eigenvalue weighted by Gasteiger charge is 2.25. The number of piperidine rings is 1. The molecule has 0 aromatic heterocycles. The van der Waals surface area contributed by atoms with Crippen LogP contribution in [0.15, 0.2) is 24.3 Å². The van der Waals surface area contributed by atoms with Crippen LogP contribution in [0, 0.1) is 5.82 Å². The Hall–Kier alpha value is -1.50. The molecule has 0 unspecified atom stereocenters. The highest BCUT2D eigenvalue weighted by atomic mass is 19.1. The summed E-state index contributed by atoms with van der Waals surface area (Å²) in [7, 11) is 0. The zero-order valence-electron chi connectivity index (χ0n) is 14.0. The van der Waals surface area contributed by atoms with Crippen LogP contribution in [-0.2, 0) is 20.9 Å². The Morgan fingerprint density at radius 1 is 1.25 bits per heavy atom. The molecule has 0 N–H and O–H groups in total. The maximum Gasteiger partial charge on any atom is 0.236 e. The lowest BCUT2D eigenvalue weighted by Gasteiger charge is -2.34. The molecule has 3 rings (SSSR count). The van der Waals surface area contributed by atoms with Crippen LogP contribution in [0.5, 0.6) is 0 Å². The van der Waals surface area contributed by atoms with E-state index in [2.05, 4.69) is 4.90 Å². The van der Waals surface area contributed by atoms with Crippen LogP contribution in [0.3, 0.4) is 0 Å². The van der Waals surface area contributed by atoms with Gasteiger partial charge in [0.25, 0.3) is 0 Å². The summed E-state index contributed by atoms with van der Waals surface area (Å²) in [5.41, 5.74) is 0.582. The Bertz CT molecular complexity index is 549. The smallest absolute Gasteiger partial charge is 0.236 e. The van der Waals surface area contributed by atoms with Gasteiger partial charge >= 0.3 is 0 Å². The van der Waals surface area contributed by atoms with Gasteiger partial charge < -0.3 is 14.4 Å². The molecule has 6 heteroatoms. The van der Waals surface area contributed by atoms with E-state index in [1.165, 1.54) is 6.07 Å². The van der Waals surface area contributed by atoms with Crippen molar-refractivity contribution in [3.05, 3.63) is 35.6 Å². The number of morpholine rings is 1. The van der Waals surface area contributed by atoms with Gasteiger partial charge in [0, 0.05) is 25.2 Å². The molecule has 2 aliphatic heterocycles. The molecule has 0 spiro atoms. The maximum atomic E-state index is 13.6. The second-order valence-electron chi connectivity index (χ2n) is 6.39. The lowest BCUT2D eigenvalue weighted by Crippen LogP contribution is -2.48. The van der Waals surface area contributed by atoms with Crippen LogP contribution in [0.2, 0.25) is 0 Å². The van der Waals surface area contributed by atoms with Gasteiger partial charge in [-0.2, -0.15) is 0 Å². The normalized spacial score (nSPS) is 22.5. The van der Waals surface area contributed by atoms with Crippen molar-refractivity contribution in [1.82, 2.24) is 9.80 Å². The molecule has 0 aliphatic carbocycles. The zero-order chi connectivity index (χ0) is 16.8. The van der Waals surface area contributed by atoms with Gasteiger partial charge in [-0.15, -0.1) is 0 Å². The van der Waals surface area contributed by atoms with Gasteiger partial charge in [0.05, 0.1) is 32.5 Å². The van der Waals surface area contributed by atoms with Gasteiger partial charge in [0.1, 0.15) is 5.82 Å². The highest BCUT2D eigenvalue weighted by Crippen LogP contribution is 2.16. The van der Waals surface area contributed by atoms with Crippen molar-refractivity contribution in [2.24, 2.45) is 0 Å². The molecular formula is C18H25FN2O3. The van der Waals surface area contributed by atoms with E-state index in [9.17, 15) is 9.18 Å². The molecule has 5 nitrogen and oxygen atoms in total. The SMILES string of the molecule is O=C(CN1CCC[C@H](OCc2ccccc2F)C1)N1CCOCC1. The Kier molecular flexibility index (Phi) is 6.18. The Morgan fingerprint density at radius 3 is 2.83 bits per heavy atom. The number of benzene rings is 1. The van der Waals surface area contributed by atoms with Crippen LogP contribution in [0.4, 0.5) is 4.39 Å². The molecule has 1 aromatic carbocycles. The summed E-state index contributed by atoms with van der Waals surface area (Å²) in [5, 5.41) is 0. The third-order valence-electron chi connectivity index (χ3n) is 4.62. The zero-order valence-corrected chi connectivity index (χ0v) is 14.0. The van der Waals surface area contributed by atoms with Crippen molar-refractivity contribution in [1.29, 1.82) is 0 Å². The van der Waals surface area contributed by atoms with E-state index in [4.69, 9.17) is 9.47 Å². The molecule has 0 bridgehead atoms. The first kappa shape index (κ1) is 17.3. The van der Waals surface area contributed by atoms with Crippen molar-refractivity contribution in [3.63, 3.8) is 0 Å². The average molecular weight is 336 g/mol. The van der Waals surface area contributed by atoms with Crippen LogP contribution < -0.4 is 0 Å². The third kappa shape index (κ3) is 4.75. The molecule has 2 aliphatic rings. The van der Waals surface area contributed by atoms with E-state index < -0.39 is 0 Å².